The minimum atomic E-state index is -3.79. The molecule has 0 saturated heterocycles. The van der Waals surface area contributed by atoms with Crippen molar-refractivity contribution >= 4 is 32.2 Å². The fourth-order valence-electron chi connectivity index (χ4n) is 2.13. The third-order valence-electron chi connectivity index (χ3n) is 3.16. The zero-order valence-electron chi connectivity index (χ0n) is 11.1. The molecular formula is C13H12ClN3O3S. The summed E-state index contributed by atoms with van der Waals surface area (Å²) in [7, 11) is -3.79. The summed E-state index contributed by atoms with van der Waals surface area (Å²) in [6.07, 6.45) is 2.79. The molecule has 1 aliphatic carbocycles. The lowest BCUT2D eigenvalue weighted by Crippen LogP contribution is -2.17. The van der Waals surface area contributed by atoms with Crippen molar-refractivity contribution in [3.05, 3.63) is 46.2 Å². The molecule has 2 aromatic rings. The van der Waals surface area contributed by atoms with Crippen molar-refractivity contribution in [2.24, 2.45) is 0 Å². The average molecular weight is 326 g/mol. The van der Waals surface area contributed by atoms with E-state index in [1.165, 1.54) is 0 Å². The third kappa shape index (κ3) is 2.66. The molecule has 1 heterocycles. The molecule has 1 N–H and O–H groups in total. The van der Waals surface area contributed by atoms with Gasteiger partial charge in [-0.25, -0.2) is 13.0 Å². The Balaban J connectivity index is 1.97. The number of anilines is 1. The van der Waals surface area contributed by atoms with Gasteiger partial charge in [-0.3, -0.25) is 4.72 Å². The van der Waals surface area contributed by atoms with Gasteiger partial charge < -0.3 is 0 Å². The first-order valence-corrected chi connectivity index (χ1v) is 8.14. The van der Waals surface area contributed by atoms with Crippen LogP contribution < -0.4 is 4.72 Å². The first-order valence-electron chi connectivity index (χ1n) is 6.28. The van der Waals surface area contributed by atoms with E-state index >= 15 is 0 Å². The Bertz CT molecular complexity index is 827. The Morgan fingerprint density at radius 1 is 1.33 bits per heavy atom. The molecule has 0 aliphatic heterocycles. The maximum atomic E-state index is 12.5. The van der Waals surface area contributed by atoms with Gasteiger partial charge in [-0.15, -0.1) is 0 Å². The zero-order chi connectivity index (χ0) is 15.0. The molecule has 3 rings (SSSR count). The fourth-order valence-corrected chi connectivity index (χ4v) is 3.80. The molecule has 110 valence electrons. The van der Waals surface area contributed by atoms with Crippen molar-refractivity contribution in [2.75, 3.05) is 4.72 Å². The number of allylic oxidation sites excluding steroid dienone is 1. The van der Waals surface area contributed by atoms with Crippen molar-refractivity contribution in [3.8, 4) is 0 Å². The Labute approximate surface area is 126 Å². The van der Waals surface area contributed by atoms with Gasteiger partial charge in [0.1, 0.15) is 10.6 Å². The van der Waals surface area contributed by atoms with Gasteiger partial charge in [0.15, 0.2) is 5.69 Å². The predicted molar refractivity (Wildman–Crippen MR) is 79.3 cm³/mol. The summed E-state index contributed by atoms with van der Waals surface area (Å²) in [6.45, 7) is 1.88. The number of rotatable bonds is 3. The molecule has 0 spiro atoms. The maximum Gasteiger partial charge on any atom is 0.263 e. The van der Waals surface area contributed by atoms with Gasteiger partial charge in [-0.1, -0.05) is 28.9 Å². The van der Waals surface area contributed by atoms with Crippen LogP contribution in [-0.2, 0) is 16.4 Å². The molecule has 1 aliphatic rings. The second-order valence-electron chi connectivity index (χ2n) is 4.76. The van der Waals surface area contributed by atoms with Gasteiger partial charge in [0.05, 0.1) is 10.7 Å². The molecule has 1 aromatic carbocycles. The molecule has 1 aromatic heterocycles. The number of fused-ring (bicyclic) bond motifs is 1. The third-order valence-corrected chi connectivity index (χ3v) is 4.90. The van der Waals surface area contributed by atoms with Crippen LogP contribution in [0.4, 0.5) is 5.69 Å². The number of hydrogen-bond acceptors (Lipinski definition) is 5. The quantitative estimate of drug-likeness (QED) is 0.937. The van der Waals surface area contributed by atoms with Crippen molar-refractivity contribution in [3.63, 3.8) is 0 Å². The lowest BCUT2D eigenvalue weighted by atomic mass is 10.1. The summed E-state index contributed by atoms with van der Waals surface area (Å²) < 4.78 is 32.1. The molecule has 21 heavy (non-hydrogen) atoms. The number of aryl methyl sites for hydroxylation is 2. The van der Waals surface area contributed by atoms with Gasteiger partial charge >= 0.3 is 0 Å². The fraction of sp³-hybridized carbons (Fsp3) is 0.231. The first kappa shape index (κ1) is 14.1. The zero-order valence-corrected chi connectivity index (χ0v) is 12.7. The van der Waals surface area contributed by atoms with Crippen LogP contribution in [0.1, 0.15) is 23.4 Å². The Morgan fingerprint density at radius 2 is 2.14 bits per heavy atom. The van der Waals surface area contributed by atoms with E-state index < -0.39 is 10.0 Å². The summed E-state index contributed by atoms with van der Waals surface area (Å²) >= 11 is 6.06. The van der Waals surface area contributed by atoms with Crippen molar-refractivity contribution in [2.45, 2.75) is 19.8 Å². The van der Waals surface area contributed by atoms with Crippen LogP contribution in [0, 0.1) is 6.92 Å². The topological polar surface area (TPSA) is 85.1 Å². The van der Waals surface area contributed by atoms with E-state index in [0.29, 0.717) is 29.2 Å². The van der Waals surface area contributed by atoms with Gasteiger partial charge in [0, 0.05) is 0 Å². The van der Waals surface area contributed by atoms with E-state index in [9.17, 15) is 8.42 Å². The number of sulfonamides is 1. The van der Waals surface area contributed by atoms with Crippen LogP contribution >= 0.6 is 11.6 Å². The van der Waals surface area contributed by atoms with Crippen LogP contribution in [0.5, 0.6) is 0 Å². The number of benzene rings is 1. The number of hydrogen-bond donors (Lipinski definition) is 1. The van der Waals surface area contributed by atoms with Crippen molar-refractivity contribution in [1.82, 2.24) is 10.3 Å². The Morgan fingerprint density at radius 3 is 2.90 bits per heavy atom. The second kappa shape index (κ2) is 5.16. The number of nitrogens with zero attached hydrogens (tertiary/aromatic N) is 2. The van der Waals surface area contributed by atoms with Gasteiger partial charge in [-0.2, -0.15) is 0 Å². The minimum Gasteiger partial charge on any atom is -0.278 e. The molecule has 0 fully saturated rings. The van der Waals surface area contributed by atoms with Crippen LogP contribution in [0.25, 0.3) is 4.91 Å². The maximum absolute atomic E-state index is 12.5. The minimum absolute atomic E-state index is 0.0710. The number of nitrogens with one attached hydrogen (secondary N) is 1. The summed E-state index contributed by atoms with van der Waals surface area (Å²) in [5, 5.41) is 7.73. The van der Waals surface area contributed by atoms with Crippen molar-refractivity contribution in [1.29, 1.82) is 0 Å². The van der Waals surface area contributed by atoms with E-state index in [0.717, 1.165) is 5.56 Å². The van der Waals surface area contributed by atoms with Gasteiger partial charge in [-0.05, 0) is 42.6 Å². The molecular weight excluding hydrogens is 314 g/mol. The van der Waals surface area contributed by atoms with E-state index in [1.807, 2.05) is 6.92 Å². The van der Waals surface area contributed by atoms with Gasteiger partial charge in [0.25, 0.3) is 10.0 Å². The average Bonchev–Trinajstić information content (AvgIpc) is 2.90. The molecule has 6 nitrogen and oxygen atoms in total. The molecule has 8 heteroatoms. The first-order chi connectivity index (χ1) is 9.97. The summed E-state index contributed by atoms with van der Waals surface area (Å²) in [5.74, 6) is 0. The summed E-state index contributed by atoms with van der Waals surface area (Å²) in [4.78, 5) is 0.0710. The van der Waals surface area contributed by atoms with Crippen molar-refractivity contribution < 1.29 is 13.0 Å². The second-order valence-corrected chi connectivity index (χ2v) is 6.81. The highest BCUT2D eigenvalue weighted by Crippen LogP contribution is 2.31. The van der Waals surface area contributed by atoms with Crippen LogP contribution in [0.2, 0.25) is 5.02 Å². The Kier molecular flexibility index (Phi) is 3.46. The molecule has 0 atom stereocenters. The highest BCUT2D eigenvalue weighted by atomic mass is 35.5. The largest absolute Gasteiger partial charge is 0.278 e. The van der Waals surface area contributed by atoms with E-state index in [4.69, 9.17) is 11.6 Å². The SMILES string of the molecule is Cc1ccc(NS(=O)(=O)C2=CCCc3nonc32)c(Cl)c1. The van der Waals surface area contributed by atoms with E-state index in [-0.39, 0.29) is 10.6 Å². The predicted octanol–water partition coefficient (Wildman–Crippen LogP) is 2.76. The molecule has 0 radical (unpaired) electrons. The highest BCUT2D eigenvalue weighted by molar-refractivity contribution is 8.01. The number of halogens is 1. The Hall–Kier alpha value is -1.86. The summed E-state index contributed by atoms with van der Waals surface area (Å²) in [5.41, 5.74) is 2.08. The monoisotopic (exact) mass is 325 g/mol. The summed E-state index contributed by atoms with van der Waals surface area (Å²) in [6, 6.07) is 5.10. The van der Waals surface area contributed by atoms with Crippen LogP contribution in [-0.4, -0.2) is 18.7 Å². The molecule has 0 bridgehead atoms. The molecule has 0 unspecified atom stereocenters. The molecule has 0 saturated carbocycles. The normalized spacial score (nSPS) is 14.5. The molecule has 0 amide bonds. The smallest absolute Gasteiger partial charge is 0.263 e. The highest BCUT2D eigenvalue weighted by Gasteiger charge is 2.29. The number of aromatic nitrogens is 2. The van der Waals surface area contributed by atoms with Gasteiger partial charge in [0.2, 0.25) is 0 Å². The van der Waals surface area contributed by atoms with Crippen LogP contribution in [0.3, 0.4) is 0 Å². The van der Waals surface area contributed by atoms with Crippen LogP contribution in [0.15, 0.2) is 28.9 Å². The lowest BCUT2D eigenvalue weighted by molar-refractivity contribution is 0.303. The van der Waals surface area contributed by atoms with E-state index in [1.54, 1.807) is 24.3 Å². The lowest BCUT2D eigenvalue weighted by Gasteiger charge is -2.14. The van der Waals surface area contributed by atoms with E-state index in [2.05, 4.69) is 19.7 Å². The standard InChI is InChI=1S/C13H12ClN3O3S/c1-8-5-6-10(9(14)7-8)17-21(18,19)12-4-2-3-11-13(12)16-20-15-11/h4-7,17H,2-3H2,1H3.